The molecule has 0 atom stereocenters. The van der Waals surface area contributed by atoms with E-state index in [0.717, 1.165) is 31.0 Å². The molecule has 0 spiro atoms. The van der Waals surface area contributed by atoms with Gasteiger partial charge in [-0.15, -0.1) is 0 Å². The molecule has 114 valence electrons. The van der Waals surface area contributed by atoms with Crippen LogP contribution in [0.5, 0.6) is 0 Å². The fraction of sp³-hybridized carbons (Fsp3) is 0.750. The van der Waals surface area contributed by atoms with Gasteiger partial charge in [0.25, 0.3) is 10.0 Å². The molecule has 2 rings (SSSR count). The van der Waals surface area contributed by atoms with Crippen molar-refractivity contribution in [3.8, 4) is 0 Å². The van der Waals surface area contributed by atoms with E-state index in [0.29, 0.717) is 24.7 Å². The third kappa shape index (κ3) is 3.51. The standard InChI is InChI=1S/C12H20ClN3O2S2/c1-9(2)8-15-4-6-16(7-5-15)20(17,18)11-10(3)14-12(13)19-11/h9H,4-8H2,1-3H3. The van der Waals surface area contributed by atoms with Crippen molar-refractivity contribution in [3.05, 3.63) is 10.2 Å². The molecule has 5 nitrogen and oxygen atoms in total. The Bertz CT molecular complexity index is 563. The predicted molar refractivity (Wildman–Crippen MR) is 81.9 cm³/mol. The highest BCUT2D eigenvalue weighted by atomic mass is 35.5. The van der Waals surface area contributed by atoms with Gasteiger partial charge < -0.3 is 4.90 Å². The van der Waals surface area contributed by atoms with Gasteiger partial charge in [-0.25, -0.2) is 13.4 Å². The molecule has 0 aliphatic carbocycles. The number of thiazole rings is 1. The van der Waals surface area contributed by atoms with Crippen LogP contribution in [0.3, 0.4) is 0 Å². The Kier molecular flexibility index (Phi) is 5.07. The van der Waals surface area contributed by atoms with Crippen LogP contribution in [0.15, 0.2) is 4.21 Å². The largest absolute Gasteiger partial charge is 0.300 e. The summed E-state index contributed by atoms with van der Waals surface area (Å²) in [4.78, 5) is 6.30. The lowest BCUT2D eigenvalue weighted by Gasteiger charge is -2.34. The molecular weight excluding hydrogens is 318 g/mol. The number of aromatic nitrogens is 1. The van der Waals surface area contributed by atoms with Gasteiger partial charge in [-0.05, 0) is 12.8 Å². The molecule has 1 saturated heterocycles. The highest BCUT2D eigenvalue weighted by molar-refractivity contribution is 7.91. The number of piperazine rings is 1. The van der Waals surface area contributed by atoms with Crippen LogP contribution in [0.25, 0.3) is 0 Å². The van der Waals surface area contributed by atoms with Gasteiger partial charge in [0, 0.05) is 32.7 Å². The maximum Gasteiger partial charge on any atom is 0.254 e. The van der Waals surface area contributed by atoms with Crippen molar-refractivity contribution >= 4 is 33.0 Å². The van der Waals surface area contributed by atoms with E-state index in [4.69, 9.17) is 11.6 Å². The Morgan fingerprint density at radius 1 is 1.30 bits per heavy atom. The van der Waals surface area contributed by atoms with Crippen LogP contribution < -0.4 is 0 Å². The van der Waals surface area contributed by atoms with Gasteiger partial charge in [0.2, 0.25) is 0 Å². The molecule has 1 fully saturated rings. The lowest BCUT2D eigenvalue weighted by Crippen LogP contribution is -2.49. The van der Waals surface area contributed by atoms with Crippen molar-refractivity contribution in [2.75, 3.05) is 32.7 Å². The molecule has 8 heteroatoms. The molecule has 1 aliphatic rings. The second-order valence-corrected chi connectivity index (χ2v) is 9.15. The Balaban J connectivity index is 2.08. The number of hydrogen-bond donors (Lipinski definition) is 0. The number of sulfonamides is 1. The van der Waals surface area contributed by atoms with E-state index in [2.05, 4.69) is 23.7 Å². The van der Waals surface area contributed by atoms with Crippen molar-refractivity contribution in [3.63, 3.8) is 0 Å². The third-order valence-corrected chi connectivity index (χ3v) is 7.00. The van der Waals surface area contributed by atoms with Crippen LogP contribution in [0.4, 0.5) is 0 Å². The first-order valence-electron chi connectivity index (χ1n) is 6.66. The first-order chi connectivity index (χ1) is 9.30. The summed E-state index contributed by atoms with van der Waals surface area (Å²) in [6.07, 6.45) is 0. The number of aryl methyl sites for hydroxylation is 1. The second kappa shape index (κ2) is 6.27. The maximum absolute atomic E-state index is 12.6. The fourth-order valence-corrected chi connectivity index (χ4v) is 5.67. The highest BCUT2D eigenvalue weighted by Gasteiger charge is 2.31. The minimum absolute atomic E-state index is 0.277. The van der Waals surface area contributed by atoms with E-state index in [1.165, 1.54) is 0 Å². The Morgan fingerprint density at radius 3 is 2.35 bits per heavy atom. The van der Waals surface area contributed by atoms with Gasteiger partial charge in [0.1, 0.15) is 0 Å². The van der Waals surface area contributed by atoms with Gasteiger partial charge in [-0.3, -0.25) is 0 Å². The monoisotopic (exact) mass is 337 g/mol. The molecule has 0 N–H and O–H groups in total. The maximum atomic E-state index is 12.6. The summed E-state index contributed by atoms with van der Waals surface area (Å²) in [5.74, 6) is 0.598. The average molecular weight is 338 g/mol. The van der Waals surface area contributed by atoms with E-state index in [-0.39, 0.29) is 8.68 Å². The van der Waals surface area contributed by atoms with Crippen LogP contribution in [0.1, 0.15) is 19.5 Å². The molecule has 2 heterocycles. The fourth-order valence-electron chi connectivity index (χ4n) is 2.38. The smallest absolute Gasteiger partial charge is 0.254 e. The second-order valence-electron chi connectivity index (χ2n) is 5.44. The van der Waals surface area contributed by atoms with Crippen LogP contribution in [0, 0.1) is 12.8 Å². The summed E-state index contributed by atoms with van der Waals surface area (Å²) in [6.45, 7) is 9.67. The summed E-state index contributed by atoms with van der Waals surface area (Å²) in [7, 11) is -3.45. The number of hydrogen-bond acceptors (Lipinski definition) is 5. The lowest BCUT2D eigenvalue weighted by molar-refractivity contribution is 0.172. The first-order valence-corrected chi connectivity index (χ1v) is 9.29. The zero-order valence-electron chi connectivity index (χ0n) is 12.0. The quantitative estimate of drug-likeness (QED) is 0.844. The average Bonchev–Trinajstić information content (AvgIpc) is 2.69. The summed E-state index contributed by atoms with van der Waals surface area (Å²) in [5, 5.41) is 0. The predicted octanol–water partition coefficient (Wildman–Crippen LogP) is 2.07. The topological polar surface area (TPSA) is 53.5 Å². The molecule has 20 heavy (non-hydrogen) atoms. The van der Waals surface area contributed by atoms with Crippen molar-refractivity contribution < 1.29 is 8.42 Å². The highest BCUT2D eigenvalue weighted by Crippen LogP contribution is 2.29. The minimum Gasteiger partial charge on any atom is -0.300 e. The zero-order valence-corrected chi connectivity index (χ0v) is 14.4. The molecule has 0 radical (unpaired) electrons. The van der Waals surface area contributed by atoms with Gasteiger partial charge >= 0.3 is 0 Å². The normalized spacial score (nSPS) is 18.9. The molecule has 0 unspecified atom stereocenters. The lowest BCUT2D eigenvalue weighted by atomic mass is 10.2. The molecular formula is C12H20ClN3O2S2. The molecule has 0 saturated carbocycles. The minimum atomic E-state index is -3.45. The summed E-state index contributed by atoms with van der Waals surface area (Å²) < 4.78 is 27.2. The summed E-state index contributed by atoms with van der Waals surface area (Å²) >= 11 is 6.84. The van der Waals surface area contributed by atoms with Gasteiger partial charge in [0.15, 0.2) is 8.68 Å². The zero-order chi connectivity index (χ0) is 14.9. The Morgan fingerprint density at radius 2 is 1.90 bits per heavy atom. The third-order valence-electron chi connectivity index (χ3n) is 3.26. The van der Waals surface area contributed by atoms with Crippen LogP contribution >= 0.6 is 22.9 Å². The van der Waals surface area contributed by atoms with E-state index >= 15 is 0 Å². The van der Waals surface area contributed by atoms with Crippen LogP contribution in [-0.4, -0.2) is 55.3 Å². The first kappa shape index (κ1) is 16.2. The van der Waals surface area contributed by atoms with Crippen molar-refractivity contribution in [2.24, 2.45) is 5.92 Å². The van der Waals surface area contributed by atoms with E-state index in [9.17, 15) is 8.42 Å². The summed E-state index contributed by atoms with van der Waals surface area (Å²) in [6, 6.07) is 0. The van der Waals surface area contributed by atoms with Gasteiger partial charge in [-0.1, -0.05) is 36.8 Å². The van der Waals surface area contributed by atoms with E-state index in [1.807, 2.05) is 0 Å². The SMILES string of the molecule is Cc1nc(Cl)sc1S(=O)(=O)N1CCN(CC(C)C)CC1. The van der Waals surface area contributed by atoms with Crippen LogP contribution in [0.2, 0.25) is 4.47 Å². The molecule has 1 aromatic rings. The molecule has 1 aliphatic heterocycles. The number of halogens is 1. The number of rotatable bonds is 4. The Labute approximate surface area is 129 Å². The van der Waals surface area contributed by atoms with Gasteiger partial charge in [-0.2, -0.15) is 4.31 Å². The van der Waals surface area contributed by atoms with Crippen molar-refractivity contribution in [1.29, 1.82) is 0 Å². The summed E-state index contributed by atoms with van der Waals surface area (Å²) in [5.41, 5.74) is 0.490. The molecule has 0 aromatic carbocycles. The van der Waals surface area contributed by atoms with E-state index < -0.39 is 10.0 Å². The molecule has 0 bridgehead atoms. The van der Waals surface area contributed by atoms with Crippen molar-refractivity contribution in [2.45, 2.75) is 25.0 Å². The molecule has 0 amide bonds. The van der Waals surface area contributed by atoms with E-state index in [1.54, 1.807) is 11.2 Å². The van der Waals surface area contributed by atoms with Crippen molar-refractivity contribution in [1.82, 2.24) is 14.2 Å². The molecule has 1 aromatic heterocycles. The Hall–Kier alpha value is -0.210. The van der Waals surface area contributed by atoms with Gasteiger partial charge in [0.05, 0.1) is 5.69 Å². The number of nitrogens with zero attached hydrogens (tertiary/aromatic N) is 3. The van der Waals surface area contributed by atoms with Crippen LogP contribution in [-0.2, 0) is 10.0 Å².